The van der Waals surface area contributed by atoms with Gasteiger partial charge in [0.2, 0.25) is 0 Å². The molecule has 0 amide bonds. The first-order valence-corrected chi connectivity index (χ1v) is 6.38. The summed E-state index contributed by atoms with van der Waals surface area (Å²) in [6, 6.07) is 6.41. The Morgan fingerprint density at radius 1 is 1.44 bits per heavy atom. The molecule has 0 saturated carbocycles. The summed E-state index contributed by atoms with van der Waals surface area (Å²) in [5.41, 5.74) is 8.06. The van der Waals surface area contributed by atoms with Crippen LogP contribution in [-0.2, 0) is 0 Å². The molecular formula is C13H16N2S. The third kappa shape index (κ3) is 2.49. The van der Waals surface area contributed by atoms with Crippen LogP contribution >= 0.6 is 11.3 Å². The Morgan fingerprint density at radius 2 is 2.31 bits per heavy atom. The van der Waals surface area contributed by atoms with Crippen LogP contribution in [0, 0.1) is 0 Å². The molecule has 2 N–H and O–H groups in total. The van der Waals surface area contributed by atoms with Gasteiger partial charge in [0, 0.05) is 22.8 Å². The fourth-order valence-corrected chi connectivity index (χ4v) is 2.43. The fraction of sp³-hybridized carbons (Fsp3) is 0.308. The maximum Gasteiger partial charge on any atom is 0.0358 e. The number of hydrogen-bond acceptors (Lipinski definition) is 3. The molecule has 2 rings (SSSR count). The number of thiophene rings is 1. The summed E-state index contributed by atoms with van der Waals surface area (Å²) in [4.78, 5) is 5.58. The van der Waals surface area contributed by atoms with E-state index in [-0.39, 0.29) is 0 Å². The van der Waals surface area contributed by atoms with E-state index in [1.54, 1.807) is 11.3 Å². The Morgan fingerprint density at radius 3 is 3.00 bits per heavy atom. The van der Waals surface area contributed by atoms with Gasteiger partial charge in [-0.15, -0.1) is 11.3 Å². The Kier molecular flexibility index (Phi) is 3.70. The minimum absolute atomic E-state index is 0.484. The lowest BCUT2D eigenvalue weighted by Crippen LogP contribution is -2.04. The molecule has 2 heterocycles. The number of aromatic nitrogens is 1. The van der Waals surface area contributed by atoms with E-state index in [9.17, 15) is 0 Å². The predicted molar refractivity (Wildman–Crippen MR) is 69.6 cm³/mol. The summed E-state index contributed by atoms with van der Waals surface area (Å²) >= 11 is 1.75. The molecule has 16 heavy (non-hydrogen) atoms. The van der Waals surface area contributed by atoms with Gasteiger partial charge in [-0.3, -0.25) is 4.98 Å². The summed E-state index contributed by atoms with van der Waals surface area (Å²) < 4.78 is 0. The second kappa shape index (κ2) is 5.23. The van der Waals surface area contributed by atoms with Crippen LogP contribution in [0.25, 0.3) is 10.4 Å². The van der Waals surface area contributed by atoms with Crippen molar-refractivity contribution >= 4 is 11.3 Å². The molecule has 0 spiro atoms. The maximum atomic E-state index is 5.58. The lowest BCUT2D eigenvalue weighted by atomic mass is 9.98. The van der Waals surface area contributed by atoms with Crippen LogP contribution in [0.1, 0.15) is 24.8 Å². The van der Waals surface area contributed by atoms with Gasteiger partial charge in [0.1, 0.15) is 0 Å². The quantitative estimate of drug-likeness (QED) is 0.878. The van der Waals surface area contributed by atoms with E-state index in [4.69, 9.17) is 5.73 Å². The van der Waals surface area contributed by atoms with Crippen LogP contribution in [0.5, 0.6) is 0 Å². The second-order valence-electron chi connectivity index (χ2n) is 3.96. The number of nitrogens with zero attached hydrogens (tertiary/aromatic N) is 1. The van der Waals surface area contributed by atoms with E-state index >= 15 is 0 Å². The molecule has 0 aliphatic rings. The van der Waals surface area contributed by atoms with Crippen LogP contribution in [0.3, 0.4) is 0 Å². The first kappa shape index (κ1) is 11.3. The van der Waals surface area contributed by atoms with E-state index in [1.165, 1.54) is 16.0 Å². The molecule has 0 fully saturated rings. The van der Waals surface area contributed by atoms with E-state index in [0.717, 1.165) is 13.0 Å². The molecule has 2 nitrogen and oxygen atoms in total. The molecule has 2 aromatic heterocycles. The molecule has 3 heteroatoms. The van der Waals surface area contributed by atoms with Gasteiger partial charge in [0.25, 0.3) is 0 Å². The SMILES string of the molecule is CC(CCN)c1cncc(-c2cccs2)c1. The highest BCUT2D eigenvalue weighted by atomic mass is 32.1. The number of rotatable bonds is 4. The summed E-state index contributed by atoms with van der Waals surface area (Å²) in [6.07, 6.45) is 4.87. The molecule has 0 aliphatic carbocycles. The third-order valence-corrected chi connectivity index (χ3v) is 3.65. The highest BCUT2D eigenvalue weighted by molar-refractivity contribution is 7.13. The zero-order valence-corrected chi connectivity index (χ0v) is 10.2. The molecule has 0 saturated heterocycles. The van der Waals surface area contributed by atoms with Crippen molar-refractivity contribution in [3.63, 3.8) is 0 Å². The molecular weight excluding hydrogens is 216 g/mol. The Labute approximate surface area is 100 Å². The van der Waals surface area contributed by atoms with E-state index in [2.05, 4.69) is 35.5 Å². The standard InChI is InChI=1S/C13H16N2S/c1-10(4-5-14)11-7-12(9-15-8-11)13-3-2-6-16-13/h2-3,6-10H,4-5,14H2,1H3. The molecule has 2 aromatic rings. The summed E-state index contributed by atoms with van der Waals surface area (Å²) in [5, 5.41) is 2.09. The minimum Gasteiger partial charge on any atom is -0.330 e. The van der Waals surface area contributed by atoms with Crippen molar-refractivity contribution < 1.29 is 0 Å². The summed E-state index contributed by atoms with van der Waals surface area (Å²) in [6.45, 7) is 2.92. The molecule has 0 aliphatic heterocycles. The number of nitrogens with two attached hydrogens (primary N) is 1. The maximum absolute atomic E-state index is 5.58. The fourth-order valence-electron chi connectivity index (χ4n) is 1.72. The van der Waals surface area contributed by atoms with Crippen LogP contribution in [0.15, 0.2) is 36.0 Å². The van der Waals surface area contributed by atoms with Crippen LogP contribution in [0.2, 0.25) is 0 Å². The Hall–Kier alpha value is -1.19. The molecule has 0 aromatic carbocycles. The third-order valence-electron chi connectivity index (χ3n) is 2.73. The highest BCUT2D eigenvalue weighted by Crippen LogP contribution is 2.27. The van der Waals surface area contributed by atoms with Crippen LogP contribution in [-0.4, -0.2) is 11.5 Å². The van der Waals surface area contributed by atoms with Gasteiger partial charge in [-0.05, 0) is 42.0 Å². The number of pyridine rings is 1. The average molecular weight is 232 g/mol. The lowest BCUT2D eigenvalue weighted by Gasteiger charge is -2.10. The molecule has 0 radical (unpaired) electrons. The van der Waals surface area contributed by atoms with Gasteiger partial charge in [-0.25, -0.2) is 0 Å². The second-order valence-corrected chi connectivity index (χ2v) is 4.91. The van der Waals surface area contributed by atoms with Crippen molar-refractivity contribution in [1.29, 1.82) is 0 Å². The zero-order valence-electron chi connectivity index (χ0n) is 9.39. The summed E-state index contributed by atoms with van der Waals surface area (Å²) in [5.74, 6) is 0.484. The monoisotopic (exact) mass is 232 g/mol. The normalized spacial score (nSPS) is 12.6. The first-order valence-electron chi connectivity index (χ1n) is 5.50. The first-order chi connectivity index (χ1) is 7.81. The van der Waals surface area contributed by atoms with Gasteiger partial charge >= 0.3 is 0 Å². The van der Waals surface area contributed by atoms with Gasteiger partial charge in [-0.2, -0.15) is 0 Å². The number of hydrogen-bond donors (Lipinski definition) is 1. The van der Waals surface area contributed by atoms with E-state index in [1.807, 2.05) is 12.4 Å². The minimum atomic E-state index is 0.484. The largest absolute Gasteiger partial charge is 0.330 e. The van der Waals surface area contributed by atoms with E-state index < -0.39 is 0 Å². The Balaban J connectivity index is 2.26. The topological polar surface area (TPSA) is 38.9 Å². The smallest absolute Gasteiger partial charge is 0.0358 e. The lowest BCUT2D eigenvalue weighted by molar-refractivity contribution is 0.687. The molecule has 1 unspecified atom stereocenters. The van der Waals surface area contributed by atoms with Gasteiger partial charge in [-0.1, -0.05) is 13.0 Å². The predicted octanol–water partition coefficient (Wildman–Crippen LogP) is 3.26. The van der Waals surface area contributed by atoms with Crippen LogP contribution in [0.4, 0.5) is 0 Å². The van der Waals surface area contributed by atoms with Crippen molar-refractivity contribution in [2.75, 3.05) is 6.54 Å². The van der Waals surface area contributed by atoms with Crippen LogP contribution < -0.4 is 5.73 Å². The van der Waals surface area contributed by atoms with Crippen molar-refractivity contribution in [2.24, 2.45) is 5.73 Å². The van der Waals surface area contributed by atoms with Crippen molar-refractivity contribution in [3.8, 4) is 10.4 Å². The van der Waals surface area contributed by atoms with E-state index in [0.29, 0.717) is 5.92 Å². The van der Waals surface area contributed by atoms with Gasteiger partial charge in [0.15, 0.2) is 0 Å². The highest BCUT2D eigenvalue weighted by Gasteiger charge is 2.07. The molecule has 0 bridgehead atoms. The summed E-state index contributed by atoms with van der Waals surface area (Å²) in [7, 11) is 0. The zero-order chi connectivity index (χ0) is 11.4. The van der Waals surface area contributed by atoms with Crippen molar-refractivity contribution in [2.45, 2.75) is 19.3 Å². The Bertz CT molecular complexity index is 437. The van der Waals surface area contributed by atoms with Gasteiger partial charge < -0.3 is 5.73 Å². The molecule has 1 atom stereocenters. The van der Waals surface area contributed by atoms with Crippen molar-refractivity contribution in [3.05, 3.63) is 41.5 Å². The van der Waals surface area contributed by atoms with Gasteiger partial charge in [0.05, 0.1) is 0 Å². The molecule has 84 valence electrons. The van der Waals surface area contributed by atoms with Crippen molar-refractivity contribution in [1.82, 2.24) is 4.98 Å². The average Bonchev–Trinajstić information content (AvgIpc) is 2.83.